The van der Waals surface area contributed by atoms with Crippen LogP contribution < -0.4 is 5.32 Å². The summed E-state index contributed by atoms with van der Waals surface area (Å²) in [7, 11) is 0. The molecule has 4 aromatic rings. The monoisotopic (exact) mass is 707 g/mol. The molecule has 0 heterocycles. The molecule has 0 bridgehead atoms. The molecule has 0 radical (unpaired) electrons. The van der Waals surface area contributed by atoms with Gasteiger partial charge in [-0.05, 0) is 69.9 Å². The molecule has 14 heteroatoms. The average Bonchev–Trinajstić information content (AvgIpc) is 2.99. The van der Waals surface area contributed by atoms with Crippen LogP contribution >= 0.6 is 12.2 Å². The summed E-state index contributed by atoms with van der Waals surface area (Å²) in [6.07, 6.45) is -20.8. The van der Waals surface area contributed by atoms with E-state index in [1.54, 1.807) is 60.7 Å². The second-order valence-corrected chi connectivity index (χ2v) is 11.6. The second kappa shape index (κ2) is 14.3. The van der Waals surface area contributed by atoms with Gasteiger partial charge < -0.3 is 5.32 Å². The number of hydrogen-bond donors (Lipinski definition) is 1. The van der Waals surface area contributed by atoms with Gasteiger partial charge in [0, 0.05) is 24.9 Å². The largest absolute Gasteiger partial charge is 0.416 e. The average molecular weight is 708 g/mol. The van der Waals surface area contributed by atoms with Gasteiger partial charge in [-0.15, -0.1) is 0 Å². The van der Waals surface area contributed by atoms with E-state index in [0.29, 0.717) is 35.4 Å². The fraction of sp³-hybridized carbons (Fsp3) is 0.265. The summed E-state index contributed by atoms with van der Waals surface area (Å²) in [5.74, 6) is -0.707. The van der Waals surface area contributed by atoms with Gasteiger partial charge >= 0.3 is 24.7 Å². The van der Waals surface area contributed by atoms with Crippen LogP contribution in [0.3, 0.4) is 0 Å². The van der Waals surface area contributed by atoms with Crippen molar-refractivity contribution in [3.05, 3.63) is 142 Å². The highest BCUT2D eigenvalue weighted by molar-refractivity contribution is 7.80. The van der Waals surface area contributed by atoms with E-state index in [4.69, 9.17) is 12.2 Å². The van der Waals surface area contributed by atoms with Crippen molar-refractivity contribution in [2.75, 3.05) is 0 Å². The van der Waals surface area contributed by atoms with Gasteiger partial charge in [0.2, 0.25) is 0 Å². The summed E-state index contributed by atoms with van der Waals surface area (Å²) in [6.45, 7) is -0.467. The molecule has 256 valence electrons. The summed E-state index contributed by atoms with van der Waals surface area (Å²) in [5, 5.41) is 3.04. The maximum atomic E-state index is 13.5. The van der Waals surface area contributed by atoms with E-state index >= 15 is 0 Å². The molecule has 0 saturated heterocycles. The fourth-order valence-corrected chi connectivity index (χ4v) is 5.64. The van der Waals surface area contributed by atoms with E-state index in [1.165, 1.54) is 0 Å². The van der Waals surface area contributed by atoms with Crippen LogP contribution in [0.2, 0.25) is 0 Å². The lowest BCUT2D eigenvalue weighted by Gasteiger charge is -2.30. The normalized spacial score (nSPS) is 14.1. The van der Waals surface area contributed by atoms with Crippen LogP contribution in [0.4, 0.5) is 52.7 Å². The molecule has 0 amide bonds. The molecule has 0 fully saturated rings. The van der Waals surface area contributed by atoms with Gasteiger partial charge in [0.1, 0.15) is 0 Å². The first-order valence-electron chi connectivity index (χ1n) is 14.1. The van der Waals surface area contributed by atoms with Gasteiger partial charge in [-0.3, -0.25) is 0 Å². The van der Waals surface area contributed by atoms with Crippen molar-refractivity contribution in [3.63, 3.8) is 0 Å². The van der Waals surface area contributed by atoms with Crippen molar-refractivity contribution in [3.8, 4) is 0 Å². The van der Waals surface area contributed by atoms with Gasteiger partial charge in [-0.2, -0.15) is 52.7 Å². The zero-order valence-corrected chi connectivity index (χ0v) is 25.3. The Morgan fingerprint density at radius 3 is 1.29 bits per heavy atom. The minimum atomic E-state index is -5.07. The van der Waals surface area contributed by atoms with Crippen molar-refractivity contribution < 1.29 is 52.7 Å². The van der Waals surface area contributed by atoms with Gasteiger partial charge in [-0.25, -0.2) is 0 Å². The van der Waals surface area contributed by atoms with Crippen LogP contribution in [-0.4, -0.2) is 4.86 Å². The van der Waals surface area contributed by atoms with E-state index < -0.39 is 71.9 Å². The molecule has 0 spiro atoms. The Labute approximate surface area is 272 Å². The Hall–Kier alpha value is -3.91. The smallest absolute Gasteiger partial charge is 0.305 e. The maximum absolute atomic E-state index is 13.5. The molecular formula is C34H25F12NS. The Morgan fingerprint density at radius 1 is 0.521 bits per heavy atom. The first-order chi connectivity index (χ1) is 22.2. The predicted molar refractivity (Wildman–Crippen MR) is 159 cm³/mol. The fourth-order valence-electron chi connectivity index (χ4n) is 5.30. The molecule has 2 atom stereocenters. The minimum Gasteiger partial charge on any atom is -0.305 e. The lowest BCUT2D eigenvalue weighted by Crippen LogP contribution is -2.29. The molecule has 0 aliphatic carbocycles. The molecule has 0 aliphatic heterocycles. The van der Waals surface area contributed by atoms with Crippen molar-refractivity contribution in [2.24, 2.45) is 0 Å². The van der Waals surface area contributed by atoms with Crippen LogP contribution in [0.25, 0.3) is 0 Å². The Kier molecular flexibility index (Phi) is 11.0. The van der Waals surface area contributed by atoms with Crippen molar-refractivity contribution in [2.45, 2.75) is 56.1 Å². The standard InChI is InChI=1S/C34H25F12NS/c35-31(36,37)24-11-20(12-25(16-24)32(38,39)40)15-28(48)18-29(22-7-3-1-4-8-22)30(23-9-5-2-6-10-23)47-19-21-13-26(33(41,42)43)17-27(14-21)34(44,45)46/h1-14,16-17,29-30,47H,15,18-19H2/t29?,30-/m1/s1. The first kappa shape index (κ1) is 36.9. The molecule has 4 aromatic carbocycles. The number of alkyl halides is 12. The molecular weight excluding hydrogens is 682 g/mol. The quantitative estimate of drug-likeness (QED) is 0.130. The highest BCUT2D eigenvalue weighted by Crippen LogP contribution is 2.40. The van der Waals surface area contributed by atoms with Crippen molar-refractivity contribution in [1.29, 1.82) is 0 Å². The molecule has 48 heavy (non-hydrogen) atoms. The first-order valence-corrected chi connectivity index (χ1v) is 14.5. The zero-order chi connectivity index (χ0) is 35.5. The third-order valence-corrected chi connectivity index (χ3v) is 7.77. The van der Waals surface area contributed by atoms with E-state index in [1.807, 2.05) is 0 Å². The van der Waals surface area contributed by atoms with Gasteiger partial charge in [0.15, 0.2) is 0 Å². The molecule has 4 rings (SSSR count). The highest BCUT2D eigenvalue weighted by Gasteiger charge is 2.38. The Balaban J connectivity index is 1.72. The van der Waals surface area contributed by atoms with Crippen molar-refractivity contribution in [1.82, 2.24) is 5.32 Å². The molecule has 0 aliphatic rings. The molecule has 0 aromatic heterocycles. The van der Waals surface area contributed by atoms with Crippen LogP contribution in [0, 0.1) is 0 Å². The topological polar surface area (TPSA) is 12.0 Å². The lowest BCUT2D eigenvalue weighted by molar-refractivity contribution is -0.144. The van der Waals surface area contributed by atoms with Crippen LogP contribution in [0.1, 0.15) is 62.9 Å². The summed E-state index contributed by atoms with van der Waals surface area (Å²) < 4.78 is 162. The number of benzene rings is 4. The number of thiocarbonyl (C=S) groups is 1. The Bertz CT molecular complexity index is 1630. The summed E-state index contributed by atoms with van der Waals surface area (Å²) >= 11 is 5.51. The predicted octanol–water partition coefficient (Wildman–Crippen LogP) is 11.4. The van der Waals surface area contributed by atoms with Gasteiger partial charge in [0.05, 0.1) is 22.3 Å². The number of halogens is 12. The van der Waals surface area contributed by atoms with E-state index in [9.17, 15) is 52.7 Å². The van der Waals surface area contributed by atoms with Gasteiger partial charge in [0.25, 0.3) is 0 Å². The Morgan fingerprint density at radius 2 is 0.896 bits per heavy atom. The third kappa shape index (κ3) is 9.82. The van der Waals surface area contributed by atoms with Crippen molar-refractivity contribution >= 4 is 17.1 Å². The van der Waals surface area contributed by atoms with Crippen LogP contribution in [-0.2, 0) is 37.7 Å². The van der Waals surface area contributed by atoms with E-state index in [-0.39, 0.29) is 34.5 Å². The van der Waals surface area contributed by atoms with E-state index in [2.05, 4.69) is 5.32 Å². The number of nitrogens with one attached hydrogen (secondary N) is 1. The highest BCUT2D eigenvalue weighted by atomic mass is 32.1. The number of rotatable bonds is 10. The molecule has 1 nitrogen and oxygen atoms in total. The second-order valence-electron chi connectivity index (χ2n) is 11.0. The van der Waals surface area contributed by atoms with Gasteiger partial charge in [-0.1, -0.05) is 72.9 Å². The molecule has 0 saturated carbocycles. The minimum absolute atomic E-state index is 0.00660. The summed E-state index contributed by atoms with van der Waals surface area (Å²) in [6, 6.07) is 18.2. The van der Waals surface area contributed by atoms with Crippen LogP contribution in [0.15, 0.2) is 97.1 Å². The summed E-state index contributed by atoms with van der Waals surface area (Å²) in [5.41, 5.74) is -5.50. The lowest BCUT2D eigenvalue weighted by atomic mass is 9.82. The maximum Gasteiger partial charge on any atom is 0.416 e. The number of hydrogen-bond acceptors (Lipinski definition) is 2. The SMILES string of the molecule is FC(F)(F)c1cc(CN[C@H](c2ccccc2)C(CC(=S)Cc2cc(C(F)(F)F)cc(C(F)(F)F)c2)c2ccccc2)cc(C(F)(F)F)c1. The molecule has 1 N–H and O–H groups in total. The zero-order valence-electron chi connectivity index (χ0n) is 24.5. The molecule has 1 unspecified atom stereocenters. The van der Waals surface area contributed by atoms with E-state index in [0.717, 1.165) is 0 Å². The summed E-state index contributed by atoms with van der Waals surface area (Å²) in [4.78, 5) is 0.0671. The van der Waals surface area contributed by atoms with Crippen LogP contribution in [0.5, 0.6) is 0 Å². The third-order valence-electron chi connectivity index (χ3n) is 7.46.